The minimum Gasteiger partial charge on any atom is -0.459 e. The molecule has 0 fully saturated rings. The third kappa shape index (κ3) is 7.33. The SMILES string of the molecule is C[C@H](N[C@@H](Cc1ccc(-c2cc(Cl)ccc2Cl)cc1)C(=O)NC1=NNNN1)C(=O)OC(C)(C)C. The fourth-order valence-corrected chi connectivity index (χ4v) is 3.62. The highest BCUT2D eigenvalue weighted by Gasteiger charge is 2.28. The fourth-order valence-electron chi connectivity index (χ4n) is 3.22. The van der Waals surface area contributed by atoms with Gasteiger partial charge in [-0.05, 0) is 63.4 Å². The van der Waals surface area contributed by atoms with Crippen LogP contribution in [0.3, 0.4) is 0 Å². The molecule has 0 unspecified atom stereocenters. The molecular weight excluding hydrogens is 479 g/mol. The molecule has 0 saturated carbocycles. The number of carbonyl (C=O) groups is 2. The molecule has 0 bridgehead atoms. The van der Waals surface area contributed by atoms with Gasteiger partial charge in [-0.15, -0.1) is 10.6 Å². The summed E-state index contributed by atoms with van der Waals surface area (Å²) >= 11 is 12.4. The lowest BCUT2D eigenvalue weighted by atomic mass is 10.00. The lowest BCUT2D eigenvalue weighted by Gasteiger charge is -2.26. The van der Waals surface area contributed by atoms with Crippen LogP contribution in [0, 0.1) is 0 Å². The highest BCUT2D eigenvalue weighted by molar-refractivity contribution is 6.35. The fraction of sp³-hybridized carbons (Fsp3) is 0.348. The summed E-state index contributed by atoms with van der Waals surface area (Å²) in [6.45, 7) is 7.03. The maximum Gasteiger partial charge on any atom is 0.323 e. The van der Waals surface area contributed by atoms with Crippen LogP contribution < -0.4 is 27.1 Å². The second kappa shape index (κ2) is 11.1. The van der Waals surface area contributed by atoms with Crippen LogP contribution in [-0.4, -0.2) is 35.5 Å². The lowest BCUT2D eigenvalue weighted by molar-refractivity contribution is -0.157. The summed E-state index contributed by atoms with van der Waals surface area (Å²) < 4.78 is 5.44. The summed E-state index contributed by atoms with van der Waals surface area (Å²) in [5.41, 5.74) is 9.65. The van der Waals surface area contributed by atoms with Crippen molar-refractivity contribution in [1.29, 1.82) is 0 Å². The summed E-state index contributed by atoms with van der Waals surface area (Å²) in [6.07, 6.45) is 0.316. The molecule has 1 amide bonds. The number of guanidine groups is 1. The molecule has 2 atom stereocenters. The molecule has 2 aromatic carbocycles. The van der Waals surface area contributed by atoms with Gasteiger partial charge in [-0.1, -0.05) is 47.5 Å². The van der Waals surface area contributed by atoms with E-state index in [1.54, 1.807) is 45.9 Å². The van der Waals surface area contributed by atoms with Crippen molar-refractivity contribution in [2.75, 3.05) is 0 Å². The van der Waals surface area contributed by atoms with Crippen molar-refractivity contribution in [3.8, 4) is 11.1 Å². The van der Waals surface area contributed by atoms with Crippen LogP contribution in [0.4, 0.5) is 0 Å². The Bertz CT molecular complexity index is 1070. The number of halogens is 2. The molecule has 1 aliphatic rings. The minimum atomic E-state index is -0.742. The molecule has 182 valence electrons. The molecule has 1 aliphatic heterocycles. The van der Waals surface area contributed by atoms with Crippen LogP contribution in [0.25, 0.3) is 11.1 Å². The number of ether oxygens (including phenoxy) is 1. The molecule has 5 N–H and O–H groups in total. The summed E-state index contributed by atoms with van der Waals surface area (Å²) in [4.78, 5) is 25.5. The highest BCUT2D eigenvalue weighted by atomic mass is 35.5. The zero-order valence-corrected chi connectivity index (χ0v) is 20.8. The zero-order chi connectivity index (χ0) is 24.9. The number of hydrogen-bond donors (Lipinski definition) is 5. The monoisotopic (exact) mass is 506 g/mol. The first kappa shape index (κ1) is 25.8. The van der Waals surface area contributed by atoms with Crippen molar-refractivity contribution < 1.29 is 14.3 Å². The molecule has 0 saturated heterocycles. The predicted octanol–water partition coefficient (Wildman–Crippen LogP) is 2.89. The number of hydrogen-bond acceptors (Lipinski definition) is 8. The summed E-state index contributed by atoms with van der Waals surface area (Å²) in [7, 11) is 0. The van der Waals surface area contributed by atoms with E-state index in [1.165, 1.54) is 0 Å². The number of hydrazine groups is 2. The third-order valence-electron chi connectivity index (χ3n) is 4.81. The first-order chi connectivity index (χ1) is 16.0. The third-order valence-corrected chi connectivity index (χ3v) is 5.37. The van der Waals surface area contributed by atoms with Crippen molar-refractivity contribution in [2.45, 2.75) is 51.8 Å². The number of esters is 1. The van der Waals surface area contributed by atoms with Gasteiger partial charge in [0.2, 0.25) is 11.9 Å². The van der Waals surface area contributed by atoms with Gasteiger partial charge in [0.15, 0.2) is 0 Å². The maximum atomic E-state index is 13.0. The summed E-state index contributed by atoms with van der Waals surface area (Å²) in [6, 6.07) is 11.5. The normalized spacial score (nSPS) is 14.9. The van der Waals surface area contributed by atoms with Gasteiger partial charge in [0, 0.05) is 15.6 Å². The van der Waals surface area contributed by atoms with Crippen LogP contribution in [0.5, 0.6) is 0 Å². The van der Waals surface area contributed by atoms with Gasteiger partial charge in [-0.3, -0.25) is 25.6 Å². The van der Waals surface area contributed by atoms with Crippen molar-refractivity contribution >= 4 is 41.0 Å². The predicted molar refractivity (Wildman–Crippen MR) is 133 cm³/mol. The summed E-state index contributed by atoms with van der Waals surface area (Å²) in [5, 5.41) is 10.8. The molecule has 2 aromatic rings. The molecule has 1 heterocycles. The average molecular weight is 507 g/mol. The van der Waals surface area contributed by atoms with E-state index >= 15 is 0 Å². The Morgan fingerprint density at radius 1 is 1.12 bits per heavy atom. The Morgan fingerprint density at radius 2 is 1.82 bits per heavy atom. The number of carbonyl (C=O) groups excluding carboxylic acids is 2. The van der Waals surface area contributed by atoms with Gasteiger partial charge in [0.25, 0.3) is 0 Å². The topological polar surface area (TPSA) is 116 Å². The molecule has 9 nitrogen and oxygen atoms in total. The number of nitrogens with zero attached hydrogens (tertiary/aromatic N) is 1. The minimum absolute atomic E-state index is 0.215. The number of rotatable bonds is 7. The average Bonchev–Trinajstić information content (AvgIpc) is 3.27. The van der Waals surface area contributed by atoms with Crippen molar-refractivity contribution in [2.24, 2.45) is 5.10 Å². The summed E-state index contributed by atoms with van der Waals surface area (Å²) in [5.74, 6) is -0.599. The molecule has 34 heavy (non-hydrogen) atoms. The molecule has 3 rings (SSSR count). The van der Waals surface area contributed by atoms with Gasteiger partial charge in [-0.25, -0.2) is 5.53 Å². The van der Waals surface area contributed by atoms with Crippen LogP contribution in [0.2, 0.25) is 10.0 Å². The van der Waals surface area contributed by atoms with Gasteiger partial charge in [-0.2, -0.15) is 0 Å². The zero-order valence-electron chi connectivity index (χ0n) is 19.3. The molecular formula is C23H28Cl2N6O3. The van der Waals surface area contributed by atoms with E-state index in [9.17, 15) is 9.59 Å². The Kier molecular flexibility index (Phi) is 8.37. The molecule has 11 heteroatoms. The smallest absolute Gasteiger partial charge is 0.323 e. The Labute approximate surface area is 208 Å². The van der Waals surface area contributed by atoms with E-state index in [0.717, 1.165) is 16.7 Å². The Hall–Kier alpha value is -2.85. The van der Waals surface area contributed by atoms with E-state index in [2.05, 4.69) is 32.2 Å². The number of nitrogens with one attached hydrogen (secondary N) is 5. The molecule has 0 radical (unpaired) electrons. The van der Waals surface area contributed by atoms with Crippen molar-refractivity contribution in [3.63, 3.8) is 0 Å². The van der Waals surface area contributed by atoms with Crippen molar-refractivity contribution in [1.82, 2.24) is 27.1 Å². The molecule has 0 spiro atoms. The number of hydrazone groups is 1. The van der Waals surface area contributed by atoms with E-state index in [-0.39, 0.29) is 11.9 Å². The quantitative estimate of drug-likeness (QED) is 0.366. The maximum absolute atomic E-state index is 13.0. The first-order valence-corrected chi connectivity index (χ1v) is 11.5. The van der Waals surface area contributed by atoms with Gasteiger partial charge in [0.1, 0.15) is 11.6 Å². The molecule has 0 aromatic heterocycles. The largest absolute Gasteiger partial charge is 0.459 e. The van der Waals surface area contributed by atoms with Crippen LogP contribution in [0.15, 0.2) is 47.6 Å². The lowest BCUT2D eigenvalue weighted by Crippen LogP contribution is -2.55. The van der Waals surface area contributed by atoms with E-state index in [1.807, 2.05) is 24.3 Å². The van der Waals surface area contributed by atoms with E-state index in [0.29, 0.717) is 16.5 Å². The van der Waals surface area contributed by atoms with Crippen molar-refractivity contribution in [3.05, 3.63) is 58.1 Å². The Morgan fingerprint density at radius 3 is 2.44 bits per heavy atom. The number of benzene rings is 2. The van der Waals surface area contributed by atoms with E-state index < -0.39 is 23.7 Å². The standard InChI is InChI=1S/C23H28Cl2N6O3/c1-13(21(33)34-23(2,3)4)26-19(20(32)27-22-28-30-31-29-22)11-14-5-7-15(8-6-14)17-12-16(24)9-10-18(17)25/h5-10,12-13,19,26,30-31H,11H2,1-4H3,(H2,27,28,29,32)/t13-,19-/m0/s1. The van der Waals surface area contributed by atoms with E-state index in [4.69, 9.17) is 27.9 Å². The Balaban J connectivity index is 1.76. The highest BCUT2D eigenvalue weighted by Crippen LogP contribution is 2.30. The van der Waals surface area contributed by atoms with Crippen LogP contribution >= 0.6 is 23.2 Å². The van der Waals surface area contributed by atoms with Crippen LogP contribution in [-0.2, 0) is 20.7 Å². The van der Waals surface area contributed by atoms with Gasteiger partial charge >= 0.3 is 5.97 Å². The van der Waals surface area contributed by atoms with Gasteiger partial charge < -0.3 is 4.74 Å². The van der Waals surface area contributed by atoms with Crippen LogP contribution in [0.1, 0.15) is 33.3 Å². The van der Waals surface area contributed by atoms with Gasteiger partial charge in [0.05, 0.1) is 6.04 Å². The second-order valence-electron chi connectivity index (χ2n) is 8.81. The number of amides is 1. The first-order valence-electron chi connectivity index (χ1n) is 10.7. The molecule has 0 aliphatic carbocycles. The second-order valence-corrected chi connectivity index (χ2v) is 9.65.